The van der Waals surface area contributed by atoms with E-state index in [0.29, 0.717) is 9.54 Å². The number of aryl methyl sites for hydroxylation is 1. The van der Waals surface area contributed by atoms with Crippen LogP contribution in [-0.4, -0.2) is 16.1 Å². The second-order valence-electron chi connectivity index (χ2n) is 12.2. The summed E-state index contributed by atoms with van der Waals surface area (Å²) in [6.07, 6.45) is 5.82. The van der Waals surface area contributed by atoms with E-state index in [9.17, 15) is 0 Å². The third-order valence-electron chi connectivity index (χ3n) is 6.71. The molecule has 3 rings (SSSR count). The molecule has 2 aromatic carbocycles. The second kappa shape index (κ2) is 10.6. The van der Waals surface area contributed by atoms with Crippen molar-refractivity contribution >= 4 is 49.6 Å². The van der Waals surface area contributed by atoms with Crippen LogP contribution in [0.1, 0.15) is 53.9 Å². The van der Waals surface area contributed by atoms with Crippen molar-refractivity contribution in [3.63, 3.8) is 0 Å². The summed E-state index contributed by atoms with van der Waals surface area (Å²) in [6.45, 7) is 21.7. The molecule has 0 aromatic heterocycles. The van der Waals surface area contributed by atoms with E-state index in [0.717, 1.165) is 19.3 Å². The van der Waals surface area contributed by atoms with Gasteiger partial charge in [0.25, 0.3) is 0 Å². The van der Waals surface area contributed by atoms with Gasteiger partial charge in [0.15, 0.2) is 0 Å². The molecule has 1 aliphatic rings. The van der Waals surface area contributed by atoms with Gasteiger partial charge in [0.1, 0.15) is 0 Å². The predicted octanol–water partition coefficient (Wildman–Crippen LogP) is 8.81. The van der Waals surface area contributed by atoms with Crippen LogP contribution in [0.2, 0.25) is 39.3 Å². The molecule has 33 heavy (non-hydrogen) atoms. The van der Waals surface area contributed by atoms with E-state index in [1.165, 1.54) is 33.4 Å². The monoisotopic (exact) mass is 593 g/mol. The first-order chi connectivity index (χ1) is 15.2. The number of halogens is 2. The van der Waals surface area contributed by atoms with Gasteiger partial charge in [-0.25, -0.2) is 0 Å². The molecule has 0 saturated heterocycles. The first-order valence-corrected chi connectivity index (χ1v) is 27.2. The fourth-order valence-electron chi connectivity index (χ4n) is 4.92. The Labute approximate surface area is 220 Å². The number of rotatable bonds is 8. The van der Waals surface area contributed by atoms with Gasteiger partial charge in [0.05, 0.1) is 0 Å². The van der Waals surface area contributed by atoms with E-state index in [-0.39, 0.29) is 0 Å². The van der Waals surface area contributed by atoms with E-state index < -0.39 is 35.5 Å². The minimum atomic E-state index is -2.53. The van der Waals surface area contributed by atoms with Gasteiger partial charge in [-0.2, -0.15) is 0 Å². The average molecular weight is 596 g/mol. The molecule has 0 spiro atoms. The van der Waals surface area contributed by atoms with Crippen molar-refractivity contribution < 1.29 is 19.4 Å². The van der Waals surface area contributed by atoms with Crippen LogP contribution in [-0.2, 0) is 25.8 Å². The zero-order valence-corrected chi connectivity index (χ0v) is 28.0. The summed E-state index contributed by atoms with van der Waals surface area (Å²) in [5, 5.41) is 3.15. The van der Waals surface area contributed by atoms with Gasteiger partial charge in [0.2, 0.25) is 0 Å². The summed E-state index contributed by atoms with van der Waals surface area (Å²) in [6, 6.07) is 12.3. The average Bonchev–Trinajstić information content (AvgIpc) is 3.03. The quantitative estimate of drug-likeness (QED) is 0.268. The molecule has 5 heteroatoms. The number of benzene rings is 2. The maximum absolute atomic E-state index is 6.79. The Balaban J connectivity index is 2.35. The zero-order valence-electron chi connectivity index (χ0n) is 22.0. The molecule has 0 nitrogen and oxygen atoms in total. The SMILES string of the molecule is CCCc1ccc2c(c1-c1cc([Si](C)(C)C)cc([Si](C)(C)C)c1)C=C(CC(C)C)[CH]2[Zr]([Cl])[Cl]. The van der Waals surface area contributed by atoms with Crippen molar-refractivity contribution in [1.82, 2.24) is 0 Å². The van der Waals surface area contributed by atoms with Crippen LogP contribution in [0, 0.1) is 5.92 Å². The number of fused-ring (bicyclic) bond motifs is 1. The molecule has 0 bridgehead atoms. The molecule has 0 heterocycles. The fraction of sp³-hybridized carbons (Fsp3) is 0.500. The van der Waals surface area contributed by atoms with E-state index in [1.807, 2.05) is 0 Å². The third kappa shape index (κ3) is 6.26. The van der Waals surface area contributed by atoms with Gasteiger partial charge in [-0.05, 0) is 0 Å². The van der Waals surface area contributed by atoms with Gasteiger partial charge in [-0.15, -0.1) is 0 Å². The van der Waals surface area contributed by atoms with Gasteiger partial charge >= 0.3 is 222 Å². The molecule has 0 radical (unpaired) electrons. The van der Waals surface area contributed by atoms with Crippen LogP contribution in [0.5, 0.6) is 0 Å². The van der Waals surface area contributed by atoms with Gasteiger partial charge < -0.3 is 0 Å². The van der Waals surface area contributed by atoms with Crippen molar-refractivity contribution in [2.75, 3.05) is 0 Å². The Bertz CT molecular complexity index is 1010. The summed E-state index contributed by atoms with van der Waals surface area (Å²) in [4.78, 5) is 0. The van der Waals surface area contributed by atoms with Crippen molar-refractivity contribution in [2.45, 2.75) is 82.9 Å². The molecule has 0 N–H and O–H groups in total. The van der Waals surface area contributed by atoms with Gasteiger partial charge in [0, 0.05) is 0 Å². The zero-order chi connectivity index (χ0) is 24.7. The van der Waals surface area contributed by atoms with Crippen LogP contribution in [0.25, 0.3) is 17.2 Å². The third-order valence-corrected chi connectivity index (χ3v) is 16.1. The molecule has 0 aliphatic heterocycles. The molecule has 1 atom stereocenters. The summed E-state index contributed by atoms with van der Waals surface area (Å²) in [5.74, 6) is 0.608. The van der Waals surface area contributed by atoms with Gasteiger partial charge in [-0.3, -0.25) is 0 Å². The second-order valence-corrected chi connectivity index (χ2v) is 31.2. The molecular weight excluding hydrogens is 555 g/mol. The molecule has 0 fully saturated rings. The standard InChI is InChI=1S/C28H41Si2.2ClH.Zr/c1-10-11-22-12-13-23-15-21(14-20(2)3)16-27(23)28(22)24-17-25(29(4,5)6)19-26(18-24)30(7,8)9;;;/h12-13,15-20H,10-11,14H2,1-9H3;2*1H;/q;;;+2/p-2. The molecule has 0 amide bonds. The van der Waals surface area contributed by atoms with Gasteiger partial charge in [-0.1, -0.05) is 0 Å². The topological polar surface area (TPSA) is 0 Å². The van der Waals surface area contributed by atoms with Crippen molar-refractivity contribution in [3.05, 3.63) is 52.6 Å². The fourth-order valence-corrected chi connectivity index (χ4v) is 12.8. The Morgan fingerprint density at radius 3 is 1.94 bits per heavy atom. The van der Waals surface area contributed by atoms with Crippen molar-refractivity contribution in [3.8, 4) is 11.1 Å². The summed E-state index contributed by atoms with van der Waals surface area (Å²) < 4.78 is 0.291. The van der Waals surface area contributed by atoms with Crippen LogP contribution in [0.15, 0.2) is 35.9 Å². The first kappa shape index (κ1) is 27.7. The summed E-state index contributed by atoms with van der Waals surface area (Å²) in [7, 11) is 10.7. The molecule has 1 unspecified atom stereocenters. The number of allylic oxidation sites excluding steroid dienone is 1. The summed E-state index contributed by atoms with van der Waals surface area (Å²) >= 11 is -2.53. The van der Waals surface area contributed by atoms with E-state index in [4.69, 9.17) is 17.0 Å². The molecule has 179 valence electrons. The summed E-state index contributed by atoms with van der Waals surface area (Å²) in [5.41, 5.74) is 8.63. The molecule has 2 aromatic rings. The van der Waals surface area contributed by atoms with E-state index in [1.54, 1.807) is 10.4 Å². The van der Waals surface area contributed by atoms with Crippen molar-refractivity contribution in [1.29, 1.82) is 0 Å². The Morgan fingerprint density at radius 1 is 0.909 bits per heavy atom. The van der Waals surface area contributed by atoms with Crippen LogP contribution < -0.4 is 10.4 Å². The molecule has 1 aliphatic carbocycles. The number of hydrogen-bond donors (Lipinski definition) is 0. The first-order valence-electron chi connectivity index (χ1n) is 12.4. The minimum absolute atomic E-state index is 0.291. The van der Waals surface area contributed by atoms with Crippen molar-refractivity contribution in [2.24, 2.45) is 5.92 Å². The van der Waals surface area contributed by atoms with E-state index >= 15 is 0 Å². The Hall–Kier alpha value is 0.0769. The predicted molar refractivity (Wildman–Crippen MR) is 154 cm³/mol. The Morgan fingerprint density at radius 2 is 1.48 bits per heavy atom. The van der Waals surface area contributed by atoms with Crippen LogP contribution >= 0.6 is 17.0 Å². The maximum atomic E-state index is 6.79. The molecule has 0 saturated carbocycles. The van der Waals surface area contributed by atoms with E-state index in [2.05, 4.69) is 96.5 Å². The van der Waals surface area contributed by atoms with Crippen LogP contribution in [0.4, 0.5) is 0 Å². The molecular formula is C28H41Cl2Si2Zr. The van der Waals surface area contributed by atoms with Crippen LogP contribution in [0.3, 0.4) is 0 Å². The number of hydrogen-bond acceptors (Lipinski definition) is 0. The Kier molecular flexibility index (Phi) is 8.88. The normalized spacial score (nSPS) is 16.2.